The topological polar surface area (TPSA) is 0 Å². The van der Waals surface area contributed by atoms with E-state index in [9.17, 15) is 0 Å². The molecule has 0 fully saturated rings. The van der Waals surface area contributed by atoms with Crippen molar-refractivity contribution < 1.29 is 48.1 Å². The van der Waals surface area contributed by atoms with Crippen LogP contribution in [-0.2, 0) is 23.3 Å². The summed E-state index contributed by atoms with van der Waals surface area (Å²) in [4.78, 5) is 0. The molecule has 0 N–H and O–H groups in total. The second-order valence-corrected chi connectivity index (χ2v) is 13.8. The first-order chi connectivity index (χ1) is 12.8. The molecule has 3 aromatic carbocycles. The van der Waals surface area contributed by atoms with Crippen molar-refractivity contribution in [2.24, 2.45) is 0 Å². The molecule has 0 saturated heterocycles. The molecule has 0 amide bonds. The summed E-state index contributed by atoms with van der Waals surface area (Å²) >= 11 is 1.84. The van der Waals surface area contributed by atoms with Crippen molar-refractivity contribution in [1.82, 2.24) is 0 Å². The molecule has 1 aliphatic rings. The summed E-state index contributed by atoms with van der Waals surface area (Å²) in [6.45, 7) is 4.59. The van der Waals surface area contributed by atoms with E-state index in [1.54, 1.807) is 12.1 Å². The molecule has 0 spiro atoms. The van der Waals surface area contributed by atoms with Gasteiger partial charge in [0, 0.05) is 0 Å². The number of halogens is 2. The number of rotatable bonds is 4. The van der Waals surface area contributed by atoms with Gasteiger partial charge in [-0.2, -0.15) is 6.08 Å². The predicted molar refractivity (Wildman–Crippen MR) is 115 cm³/mol. The maximum absolute atomic E-state index is 2.99. The Morgan fingerprint density at radius 1 is 0.893 bits per heavy atom. The summed E-state index contributed by atoms with van der Waals surface area (Å²) in [5.41, 5.74) is 0.199. The average Bonchev–Trinajstić information content (AvgIpc) is 3.34. The van der Waals surface area contributed by atoms with E-state index in [2.05, 4.69) is 80.6 Å². The molecule has 3 aromatic rings. The van der Waals surface area contributed by atoms with Gasteiger partial charge in [-0.1, -0.05) is 36.4 Å². The number of hydrogen-bond donors (Lipinski definition) is 0. The third kappa shape index (κ3) is 9.31. The summed E-state index contributed by atoms with van der Waals surface area (Å²) in [7, 11) is 0. The van der Waals surface area contributed by atoms with Crippen LogP contribution in [0.5, 0.6) is 0 Å². The normalized spacial score (nSPS) is 11.0. The van der Waals surface area contributed by atoms with Gasteiger partial charge in [-0.15, -0.1) is 46.2 Å². The zero-order valence-corrected chi connectivity index (χ0v) is 21.7. The Kier molecular flexibility index (Phi) is 16.0. The minimum atomic E-state index is 0. The van der Waals surface area contributed by atoms with Crippen molar-refractivity contribution in [2.45, 2.75) is 45.2 Å². The first-order valence-electron chi connectivity index (χ1n) is 9.57. The van der Waals surface area contributed by atoms with Crippen LogP contribution in [0.1, 0.15) is 33.1 Å². The number of benzene rings is 2. The van der Waals surface area contributed by atoms with Gasteiger partial charge in [0.05, 0.1) is 0 Å². The molecule has 0 saturated carbocycles. The molecular weight excluding hydrogens is 478 g/mol. The standard InChI is InChI=1S/C13H9.C6H14Si.C5H5.2ClH.Zr/c1-3-7-12-10(5-1)9-11-6-2-4-8-13(11)12;1-3-5-7-6-4-2;1-2-4-5-3-1;;;/h1-9H;3-6H2,1-2H3;1-3H,4H2;2*1H;/q-1;;-1;;;+2/p-2. The Bertz CT molecular complexity index is 812. The van der Waals surface area contributed by atoms with Crippen LogP contribution in [0.15, 0.2) is 72.8 Å². The van der Waals surface area contributed by atoms with Crippen molar-refractivity contribution in [2.75, 3.05) is 0 Å². The molecule has 4 rings (SSSR count). The van der Waals surface area contributed by atoms with Gasteiger partial charge in [0.15, 0.2) is 0 Å². The fourth-order valence-electron chi connectivity index (χ4n) is 2.97. The average molecular weight is 507 g/mol. The van der Waals surface area contributed by atoms with E-state index in [4.69, 9.17) is 0 Å². The molecule has 28 heavy (non-hydrogen) atoms. The molecule has 4 heteroatoms. The first kappa shape index (κ1) is 27.5. The Hall–Kier alpha value is -0.530. The minimum absolute atomic E-state index is 0. The molecule has 148 valence electrons. The van der Waals surface area contributed by atoms with Gasteiger partial charge in [-0.25, -0.2) is 12.2 Å². The zero-order valence-electron chi connectivity index (χ0n) is 16.7. The Balaban J connectivity index is 0.000000423. The van der Waals surface area contributed by atoms with Gasteiger partial charge in [0.2, 0.25) is 0 Å². The van der Waals surface area contributed by atoms with Crippen LogP contribution in [0.2, 0.25) is 12.1 Å². The van der Waals surface area contributed by atoms with E-state index in [0.717, 1.165) is 6.42 Å². The fraction of sp³-hybridized carbons (Fsp3) is 0.292. The van der Waals surface area contributed by atoms with Crippen molar-refractivity contribution in [3.05, 3.63) is 78.9 Å². The van der Waals surface area contributed by atoms with Crippen LogP contribution in [-0.4, -0.2) is 5.43 Å². The molecule has 0 heterocycles. The van der Waals surface area contributed by atoms with E-state index in [0.29, 0.717) is 0 Å². The van der Waals surface area contributed by atoms with Gasteiger partial charge in [-0.05, 0) is 0 Å². The Morgan fingerprint density at radius 2 is 1.39 bits per heavy atom. The van der Waals surface area contributed by atoms with Gasteiger partial charge < -0.3 is 24.8 Å². The summed E-state index contributed by atoms with van der Waals surface area (Å²) in [6, 6.07) is 22.4. The Labute approximate surface area is 198 Å². The smallest absolute Gasteiger partial charge is 0.0771 e. The maximum atomic E-state index is 2.99. The second-order valence-electron chi connectivity index (χ2n) is 6.43. The molecule has 0 bridgehead atoms. The Morgan fingerprint density at radius 3 is 1.75 bits per heavy atom. The molecule has 0 nitrogen and oxygen atoms in total. The van der Waals surface area contributed by atoms with E-state index < -0.39 is 0 Å². The zero-order chi connectivity index (χ0) is 18.6. The largest absolute Gasteiger partial charge is 1.00 e. The van der Waals surface area contributed by atoms with Crippen LogP contribution in [0.25, 0.3) is 21.5 Å². The second kappa shape index (κ2) is 16.3. The van der Waals surface area contributed by atoms with Crippen molar-refractivity contribution >= 4 is 27.0 Å². The van der Waals surface area contributed by atoms with E-state index in [1.807, 2.05) is 35.5 Å². The van der Waals surface area contributed by atoms with Gasteiger partial charge in [-0.3, -0.25) is 6.08 Å². The SMILES string of the molecule is CCC[Si](=[Zr+2])CCC.[C-]1=CC=CC1.[Cl-].[Cl-].c1ccc2c(c1)[cH-]c1ccccc12. The number of fused-ring (bicyclic) bond motifs is 3. The van der Waals surface area contributed by atoms with Gasteiger partial charge >= 0.3 is 67.5 Å². The van der Waals surface area contributed by atoms with E-state index >= 15 is 0 Å². The molecule has 0 aliphatic heterocycles. The number of allylic oxidation sites excluding steroid dienone is 4. The number of hydrogen-bond acceptors (Lipinski definition) is 0. The monoisotopic (exact) mass is 504 g/mol. The molecule has 0 unspecified atom stereocenters. The van der Waals surface area contributed by atoms with Crippen molar-refractivity contribution in [3.8, 4) is 0 Å². The molecule has 0 atom stereocenters. The third-order valence-electron chi connectivity index (χ3n) is 4.21. The molecule has 1 aliphatic carbocycles. The predicted octanol–water partition coefficient (Wildman–Crippen LogP) is 1.37. The van der Waals surface area contributed by atoms with Crippen LogP contribution in [0, 0.1) is 6.08 Å². The summed E-state index contributed by atoms with van der Waals surface area (Å²) in [5, 5.41) is 5.39. The van der Waals surface area contributed by atoms with Crippen molar-refractivity contribution in [3.63, 3.8) is 0 Å². The van der Waals surface area contributed by atoms with Gasteiger partial charge in [0.1, 0.15) is 0 Å². The molecular formula is C24H28Cl2SiZr-2. The van der Waals surface area contributed by atoms with Crippen LogP contribution in [0.3, 0.4) is 0 Å². The molecule has 0 aromatic heterocycles. The van der Waals surface area contributed by atoms with Crippen LogP contribution in [0.4, 0.5) is 0 Å². The quantitative estimate of drug-likeness (QED) is 0.371. The summed E-state index contributed by atoms with van der Waals surface area (Å²) in [5.74, 6) is 0. The third-order valence-corrected chi connectivity index (χ3v) is 10.1. The fourth-order valence-corrected chi connectivity index (χ4v) is 8.12. The summed E-state index contributed by atoms with van der Waals surface area (Å²) < 4.78 is 0. The molecule has 0 radical (unpaired) electrons. The first-order valence-corrected chi connectivity index (χ1v) is 15.2. The maximum Gasteiger partial charge on any atom is -0.0771 e. The van der Waals surface area contributed by atoms with Gasteiger partial charge in [0.25, 0.3) is 0 Å². The van der Waals surface area contributed by atoms with E-state index in [-0.39, 0.29) is 30.2 Å². The van der Waals surface area contributed by atoms with Crippen molar-refractivity contribution in [1.29, 1.82) is 0 Å². The van der Waals surface area contributed by atoms with Crippen LogP contribution < -0.4 is 24.8 Å². The van der Waals surface area contributed by atoms with Crippen LogP contribution >= 0.6 is 0 Å². The summed E-state index contributed by atoms with van der Waals surface area (Å²) in [6.07, 6.45) is 12.8. The van der Waals surface area contributed by atoms with E-state index in [1.165, 1.54) is 34.4 Å². The minimum Gasteiger partial charge on any atom is -1.00 e.